The number of aryl methyl sites for hydroxylation is 2. The maximum Gasteiger partial charge on any atom is 0.291 e. The highest BCUT2D eigenvalue weighted by Gasteiger charge is 2.25. The zero-order valence-electron chi connectivity index (χ0n) is 12.1. The van der Waals surface area contributed by atoms with Crippen LogP contribution in [-0.4, -0.2) is 51.9 Å². The summed E-state index contributed by atoms with van der Waals surface area (Å²) < 4.78 is 5.05. The summed E-state index contributed by atoms with van der Waals surface area (Å²) in [4.78, 5) is 28.7. The van der Waals surface area contributed by atoms with E-state index in [0.29, 0.717) is 26.2 Å². The Kier molecular flexibility index (Phi) is 3.55. The van der Waals surface area contributed by atoms with Gasteiger partial charge in [0, 0.05) is 37.6 Å². The standard InChI is InChI=1S/C14H17N5O2/c1-10-7-11(2)17-14(16-10)19-5-3-18(4-6-19)13(20)12-8-15-9-21-12/h7-9H,3-6H2,1-2H3. The number of nitrogens with zero attached hydrogens (tertiary/aromatic N) is 5. The van der Waals surface area contributed by atoms with Crippen LogP contribution in [0.2, 0.25) is 0 Å². The number of carbonyl (C=O) groups excluding carboxylic acids is 1. The molecule has 21 heavy (non-hydrogen) atoms. The van der Waals surface area contributed by atoms with Gasteiger partial charge in [-0.2, -0.15) is 0 Å². The predicted octanol–water partition coefficient (Wildman–Crippen LogP) is 1.04. The molecule has 1 saturated heterocycles. The largest absolute Gasteiger partial charge is 0.438 e. The number of anilines is 1. The van der Waals surface area contributed by atoms with Crippen LogP contribution >= 0.6 is 0 Å². The maximum absolute atomic E-state index is 12.2. The van der Waals surface area contributed by atoms with Crippen molar-refractivity contribution in [1.29, 1.82) is 0 Å². The Bertz CT molecular complexity index is 613. The number of aromatic nitrogens is 3. The molecule has 1 fully saturated rings. The molecule has 7 heteroatoms. The number of piperazine rings is 1. The smallest absolute Gasteiger partial charge is 0.291 e. The number of oxazole rings is 1. The Morgan fingerprint density at radius 1 is 1.14 bits per heavy atom. The minimum absolute atomic E-state index is 0.117. The molecular formula is C14H17N5O2. The lowest BCUT2D eigenvalue weighted by atomic mass is 10.3. The fourth-order valence-electron chi connectivity index (χ4n) is 2.44. The van der Waals surface area contributed by atoms with Crippen LogP contribution in [0.25, 0.3) is 0 Å². The third kappa shape index (κ3) is 2.86. The third-order valence-corrected chi connectivity index (χ3v) is 3.46. The van der Waals surface area contributed by atoms with Gasteiger partial charge in [0.2, 0.25) is 11.7 Å². The molecule has 0 spiro atoms. The third-order valence-electron chi connectivity index (χ3n) is 3.46. The topological polar surface area (TPSA) is 75.4 Å². The Labute approximate surface area is 122 Å². The van der Waals surface area contributed by atoms with Gasteiger partial charge in [0.15, 0.2) is 6.39 Å². The molecule has 1 amide bonds. The first kappa shape index (κ1) is 13.5. The van der Waals surface area contributed by atoms with Crippen LogP contribution in [0, 0.1) is 13.8 Å². The van der Waals surface area contributed by atoms with Crippen molar-refractivity contribution in [3.05, 3.63) is 35.8 Å². The minimum Gasteiger partial charge on any atom is -0.438 e. The molecule has 2 aromatic heterocycles. The van der Waals surface area contributed by atoms with Crippen LogP contribution in [-0.2, 0) is 0 Å². The van der Waals surface area contributed by atoms with Gasteiger partial charge in [-0.15, -0.1) is 0 Å². The summed E-state index contributed by atoms with van der Waals surface area (Å²) in [5.74, 6) is 0.902. The molecule has 0 aliphatic carbocycles. The molecule has 3 heterocycles. The molecule has 110 valence electrons. The van der Waals surface area contributed by atoms with Crippen molar-refractivity contribution in [2.45, 2.75) is 13.8 Å². The molecule has 0 N–H and O–H groups in total. The zero-order chi connectivity index (χ0) is 14.8. The second kappa shape index (κ2) is 5.51. The lowest BCUT2D eigenvalue weighted by Crippen LogP contribution is -2.49. The van der Waals surface area contributed by atoms with E-state index in [4.69, 9.17) is 4.42 Å². The van der Waals surface area contributed by atoms with Crippen molar-refractivity contribution in [3.8, 4) is 0 Å². The van der Waals surface area contributed by atoms with Gasteiger partial charge >= 0.3 is 0 Å². The Morgan fingerprint density at radius 2 is 1.81 bits per heavy atom. The molecule has 7 nitrogen and oxygen atoms in total. The molecule has 0 saturated carbocycles. The molecule has 0 unspecified atom stereocenters. The van der Waals surface area contributed by atoms with E-state index in [1.54, 1.807) is 4.90 Å². The minimum atomic E-state index is -0.117. The van der Waals surface area contributed by atoms with Crippen LogP contribution < -0.4 is 4.90 Å². The van der Waals surface area contributed by atoms with E-state index in [1.807, 2.05) is 19.9 Å². The van der Waals surface area contributed by atoms with Crippen molar-refractivity contribution in [3.63, 3.8) is 0 Å². The monoisotopic (exact) mass is 287 g/mol. The number of carbonyl (C=O) groups is 1. The fraction of sp³-hybridized carbons (Fsp3) is 0.429. The maximum atomic E-state index is 12.2. The van der Waals surface area contributed by atoms with Crippen molar-refractivity contribution in [1.82, 2.24) is 19.9 Å². The normalized spacial score (nSPS) is 15.3. The first-order valence-electron chi connectivity index (χ1n) is 6.88. The van der Waals surface area contributed by atoms with Crippen LogP contribution in [0.5, 0.6) is 0 Å². The average molecular weight is 287 g/mol. The van der Waals surface area contributed by atoms with E-state index >= 15 is 0 Å². The molecular weight excluding hydrogens is 270 g/mol. The highest BCUT2D eigenvalue weighted by atomic mass is 16.3. The summed E-state index contributed by atoms with van der Waals surface area (Å²) >= 11 is 0. The van der Waals surface area contributed by atoms with Gasteiger partial charge in [-0.25, -0.2) is 15.0 Å². The second-order valence-electron chi connectivity index (χ2n) is 5.10. The first-order chi connectivity index (χ1) is 10.1. The highest BCUT2D eigenvalue weighted by Crippen LogP contribution is 2.14. The number of hydrogen-bond acceptors (Lipinski definition) is 6. The summed E-state index contributed by atoms with van der Waals surface area (Å²) in [6, 6.07) is 1.95. The molecule has 0 bridgehead atoms. The summed E-state index contributed by atoms with van der Waals surface area (Å²) in [5.41, 5.74) is 1.91. The number of rotatable bonds is 2. The van der Waals surface area contributed by atoms with Gasteiger partial charge in [0.05, 0.1) is 6.20 Å². The van der Waals surface area contributed by atoms with E-state index in [0.717, 1.165) is 17.3 Å². The Balaban J connectivity index is 1.66. The van der Waals surface area contributed by atoms with Crippen LogP contribution in [0.1, 0.15) is 21.9 Å². The number of amides is 1. The van der Waals surface area contributed by atoms with Crippen LogP contribution in [0.4, 0.5) is 5.95 Å². The summed E-state index contributed by atoms with van der Waals surface area (Å²) in [5, 5.41) is 0. The molecule has 1 aliphatic rings. The van der Waals surface area contributed by atoms with E-state index < -0.39 is 0 Å². The van der Waals surface area contributed by atoms with Gasteiger partial charge in [-0.3, -0.25) is 4.79 Å². The molecule has 0 aromatic carbocycles. The predicted molar refractivity (Wildman–Crippen MR) is 76.1 cm³/mol. The Hall–Kier alpha value is -2.44. The van der Waals surface area contributed by atoms with E-state index in [9.17, 15) is 4.79 Å². The van der Waals surface area contributed by atoms with E-state index in [-0.39, 0.29) is 11.7 Å². The fourth-order valence-corrected chi connectivity index (χ4v) is 2.44. The Morgan fingerprint density at radius 3 is 2.38 bits per heavy atom. The zero-order valence-corrected chi connectivity index (χ0v) is 12.1. The van der Waals surface area contributed by atoms with Gasteiger partial charge in [0.1, 0.15) is 0 Å². The average Bonchev–Trinajstić information content (AvgIpc) is 3.00. The number of hydrogen-bond donors (Lipinski definition) is 0. The quantitative estimate of drug-likeness (QED) is 0.821. The van der Waals surface area contributed by atoms with Crippen molar-refractivity contribution < 1.29 is 9.21 Å². The van der Waals surface area contributed by atoms with Crippen LogP contribution in [0.3, 0.4) is 0 Å². The second-order valence-corrected chi connectivity index (χ2v) is 5.10. The van der Waals surface area contributed by atoms with Gasteiger partial charge in [-0.1, -0.05) is 0 Å². The molecule has 1 aliphatic heterocycles. The van der Waals surface area contributed by atoms with Gasteiger partial charge in [0.25, 0.3) is 5.91 Å². The van der Waals surface area contributed by atoms with Crippen LogP contribution in [0.15, 0.2) is 23.1 Å². The summed E-state index contributed by atoms with van der Waals surface area (Å²) in [6.45, 7) is 6.58. The van der Waals surface area contributed by atoms with Gasteiger partial charge < -0.3 is 14.2 Å². The van der Waals surface area contributed by atoms with Gasteiger partial charge in [-0.05, 0) is 19.9 Å². The first-order valence-corrected chi connectivity index (χ1v) is 6.88. The van der Waals surface area contributed by atoms with Crippen molar-refractivity contribution in [2.24, 2.45) is 0 Å². The SMILES string of the molecule is Cc1cc(C)nc(N2CCN(C(=O)c3cnco3)CC2)n1. The lowest BCUT2D eigenvalue weighted by Gasteiger charge is -2.34. The highest BCUT2D eigenvalue weighted by molar-refractivity contribution is 5.91. The lowest BCUT2D eigenvalue weighted by molar-refractivity contribution is 0.0714. The molecule has 2 aromatic rings. The van der Waals surface area contributed by atoms with E-state index in [2.05, 4.69) is 19.9 Å². The molecule has 3 rings (SSSR count). The van der Waals surface area contributed by atoms with Crippen molar-refractivity contribution >= 4 is 11.9 Å². The van der Waals surface area contributed by atoms with E-state index in [1.165, 1.54) is 12.6 Å². The molecule has 0 radical (unpaired) electrons. The molecule has 0 atom stereocenters. The summed E-state index contributed by atoms with van der Waals surface area (Å²) in [6.07, 6.45) is 2.72. The van der Waals surface area contributed by atoms with Crippen molar-refractivity contribution in [2.75, 3.05) is 31.1 Å². The summed E-state index contributed by atoms with van der Waals surface area (Å²) in [7, 11) is 0.